The Morgan fingerprint density at radius 3 is 2.40 bits per heavy atom. The van der Waals surface area contributed by atoms with Gasteiger partial charge in [-0.1, -0.05) is 11.6 Å². The van der Waals surface area contributed by atoms with E-state index in [1.165, 1.54) is 0 Å². The topological polar surface area (TPSA) is 62.2 Å². The number of anilines is 1. The molecule has 3 heterocycles. The second kappa shape index (κ2) is 6.64. The van der Waals surface area contributed by atoms with Crippen LogP contribution in [-0.2, 0) is 0 Å². The molecule has 0 unspecified atom stereocenters. The predicted molar refractivity (Wildman–Crippen MR) is 96.9 cm³/mol. The van der Waals surface area contributed by atoms with E-state index in [1.807, 2.05) is 17.0 Å². The molecule has 3 aromatic rings. The third kappa shape index (κ3) is 3.00. The van der Waals surface area contributed by atoms with Crippen LogP contribution in [0.15, 0.2) is 48.9 Å². The van der Waals surface area contributed by atoms with Crippen molar-refractivity contribution in [3.63, 3.8) is 0 Å². The SMILES string of the molecule is O=C(c1ccc(Cl)c2cccnc12)N1CCN(c2ncccn2)CC1. The fourth-order valence-electron chi connectivity index (χ4n) is 3.04. The lowest BCUT2D eigenvalue weighted by molar-refractivity contribution is 0.0748. The number of halogens is 1. The van der Waals surface area contributed by atoms with Crippen molar-refractivity contribution in [3.8, 4) is 0 Å². The second-order valence-corrected chi connectivity index (χ2v) is 6.23. The third-order valence-electron chi connectivity index (χ3n) is 4.35. The van der Waals surface area contributed by atoms with Gasteiger partial charge in [-0.3, -0.25) is 9.78 Å². The molecular weight excluding hydrogens is 338 g/mol. The molecule has 0 spiro atoms. The summed E-state index contributed by atoms with van der Waals surface area (Å²) < 4.78 is 0. The average Bonchev–Trinajstić information content (AvgIpc) is 2.69. The quantitative estimate of drug-likeness (QED) is 0.708. The van der Waals surface area contributed by atoms with Gasteiger partial charge in [-0.05, 0) is 30.3 Å². The van der Waals surface area contributed by atoms with Crippen molar-refractivity contribution in [2.24, 2.45) is 0 Å². The highest BCUT2D eigenvalue weighted by Crippen LogP contribution is 2.26. The molecule has 1 saturated heterocycles. The fourth-order valence-corrected chi connectivity index (χ4v) is 3.26. The van der Waals surface area contributed by atoms with Crippen LogP contribution in [0.4, 0.5) is 5.95 Å². The van der Waals surface area contributed by atoms with Gasteiger partial charge in [0.25, 0.3) is 5.91 Å². The van der Waals surface area contributed by atoms with Gasteiger partial charge in [-0.25, -0.2) is 9.97 Å². The number of amides is 1. The number of rotatable bonds is 2. The predicted octanol–water partition coefficient (Wildman–Crippen LogP) is 2.64. The normalized spacial score (nSPS) is 14.8. The number of aromatic nitrogens is 3. The molecule has 1 aliphatic rings. The van der Waals surface area contributed by atoms with E-state index in [9.17, 15) is 4.79 Å². The maximum absolute atomic E-state index is 13.0. The summed E-state index contributed by atoms with van der Waals surface area (Å²) in [6.07, 6.45) is 5.14. The zero-order valence-corrected chi connectivity index (χ0v) is 14.2. The Labute approximate surface area is 150 Å². The highest BCUT2D eigenvalue weighted by Gasteiger charge is 2.25. The van der Waals surface area contributed by atoms with Crippen molar-refractivity contribution in [2.75, 3.05) is 31.1 Å². The molecule has 1 aliphatic heterocycles. The number of nitrogens with zero attached hydrogens (tertiary/aromatic N) is 5. The van der Waals surface area contributed by atoms with Crippen LogP contribution in [-0.4, -0.2) is 51.9 Å². The zero-order chi connectivity index (χ0) is 17.2. The molecule has 6 nitrogen and oxygen atoms in total. The molecule has 7 heteroatoms. The van der Waals surface area contributed by atoms with Crippen molar-refractivity contribution in [1.29, 1.82) is 0 Å². The summed E-state index contributed by atoms with van der Waals surface area (Å²) in [5.74, 6) is 0.683. The Hall–Kier alpha value is -2.73. The van der Waals surface area contributed by atoms with Crippen molar-refractivity contribution >= 4 is 34.4 Å². The lowest BCUT2D eigenvalue weighted by Crippen LogP contribution is -2.49. The molecule has 2 aromatic heterocycles. The molecule has 4 rings (SSSR count). The number of hydrogen-bond donors (Lipinski definition) is 0. The summed E-state index contributed by atoms with van der Waals surface area (Å²) in [5, 5.41) is 1.40. The molecular formula is C18H16ClN5O. The first kappa shape index (κ1) is 15.8. The molecule has 126 valence electrons. The molecule has 0 atom stereocenters. The Kier molecular flexibility index (Phi) is 4.19. The molecule has 1 fully saturated rings. The number of fused-ring (bicyclic) bond motifs is 1. The van der Waals surface area contributed by atoms with Crippen LogP contribution in [0.3, 0.4) is 0 Å². The number of carbonyl (C=O) groups is 1. The summed E-state index contributed by atoms with van der Waals surface area (Å²) in [6.45, 7) is 2.64. The Morgan fingerprint density at radius 2 is 1.64 bits per heavy atom. The molecule has 0 bridgehead atoms. The molecule has 0 aliphatic carbocycles. The lowest BCUT2D eigenvalue weighted by Gasteiger charge is -2.34. The Bertz CT molecular complexity index is 910. The van der Waals surface area contributed by atoms with Gasteiger partial charge in [0.05, 0.1) is 16.1 Å². The van der Waals surface area contributed by atoms with Gasteiger partial charge in [0, 0.05) is 50.2 Å². The maximum Gasteiger partial charge on any atom is 0.256 e. The Morgan fingerprint density at radius 1 is 0.920 bits per heavy atom. The molecule has 25 heavy (non-hydrogen) atoms. The van der Waals surface area contributed by atoms with Crippen LogP contribution < -0.4 is 4.90 Å². The number of hydrogen-bond acceptors (Lipinski definition) is 5. The molecule has 1 aromatic carbocycles. The summed E-state index contributed by atoms with van der Waals surface area (Å²) >= 11 is 6.22. The monoisotopic (exact) mass is 353 g/mol. The number of piperazine rings is 1. The number of benzene rings is 1. The van der Waals surface area contributed by atoms with Gasteiger partial charge in [0.15, 0.2) is 0 Å². The molecule has 0 radical (unpaired) electrons. The van der Waals surface area contributed by atoms with Gasteiger partial charge < -0.3 is 9.80 Å². The fraction of sp³-hybridized carbons (Fsp3) is 0.222. The van der Waals surface area contributed by atoms with Crippen LogP contribution in [0.25, 0.3) is 10.9 Å². The minimum atomic E-state index is -0.0194. The van der Waals surface area contributed by atoms with E-state index in [-0.39, 0.29) is 5.91 Å². The van der Waals surface area contributed by atoms with E-state index in [2.05, 4.69) is 19.9 Å². The highest BCUT2D eigenvalue weighted by atomic mass is 35.5. The van der Waals surface area contributed by atoms with Crippen LogP contribution >= 0.6 is 11.6 Å². The molecule has 0 N–H and O–H groups in total. The summed E-state index contributed by atoms with van der Waals surface area (Å²) in [5.41, 5.74) is 1.23. The van der Waals surface area contributed by atoms with Crippen molar-refractivity contribution in [2.45, 2.75) is 0 Å². The van der Waals surface area contributed by atoms with Gasteiger partial charge in [0.2, 0.25) is 5.95 Å². The second-order valence-electron chi connectivity index (χ2n) is 5.82. The number of carbonyl (C=O) groups excluding carboxylic acids is 1. The average molecular weight is 354 g/mol. The van der Waals surface area contributed by atoms with E-state index in [0.29, 0.717) is 48.2 Å². The maximum atomic E-state index is 13.0. The van der Waals surface area contributed by atoms with E-state index in [4.69, 9.17) is 11.6 Å². The lowest BCUT2D eigenvalue weighted by atomic mass is 10.1. The largest absolute Gasteiger partial charge is 0.337 e. The number of pyridine rings is 1. The van der Waals surface area contributed by atoms with Gasteiger partial charge >= 0.3 is 0 Å². The van der Waals surface area contributed by atoms with Crippen molar-refractivity contribution < 1.29 is 4.79 Å². The first-order chi connectivity index (χ1) is 12.2. The first-order valence-electron chi connectivity index (χ1n) is 8.08. The Balaban J connectivity index is 1.54. The minimum Gasteiger partial charge on any atom is -0.337 e. The van der Waals surface area contributed by atoms with Gasteiger partial charge in [-0.15, -0.1) is 0 Å². The molecule has 1 amide bonds. The smallest absolute Gasteiger partial charge is 0.256 e. The van der Waals surface area contributed by atoms with E-state index in [1.54, 1.807) is 36.8 Å². The van der Waals surface area contributed by atoms with Crippen LogP contribution in [0.1, 0.15) is 10.4 Å². The van der Waals surface area contributed by atoms with Crippen molar-refractivity contribution in [3.05, 3.63) is 59.5 Å². The van der Waals surface area contributed by atoms with E-state index < -0.39 is 0 Å². The summed E-state index contributed by atoms with van der Waals surface area (Å²) in [7, 11) is 0. The standard InChI is InChI=1S/C18H16ClN5O/c19-15-5-4-14(16-13(15)3-1-6-20-16)17(25)23-9-11-24(12-10-23)18-21-7-2-8-22-18/h1-8H,9-12H2. The van der Waals surface area contributed by atoms with E-state index >= 15 is 0 Å². The van der Waals surface area contributed by atoms with Crippen molar-refractivity contribution in [1.82, 2.24) is 19.9 Å². The van der Waals surface area contributed by atoms with Gasteiger partial charge in [0.1, 0.15) is 0 Å². The van der Waals surface area contributed by atoms with E-state index in [0.717, 1.165) is 5.39 Å². The third-order valence-corrected chi connectivity index (χ3v) is 4.68. The summed E-state index contributed by atoms with van der Waals surface area (Å²) in [6, 6.07) is 9.01. The molecule has 0 saturated carbocycles. The zero-order valence-electron chi connectivity index (χ0n) is 13.5. The van der Waals surface area contributed by atoms with Crippen LogP contribution in [0, 0.1) is 0 Å². The minimum absolute atomic E-state index is 0.0194. The van der Waals surface area contributed by atoms with Gasteiger partial charge in [-0.2, -0.15) is 0 Å². The van der Waals surface area contributed by atoms with Crippen LogP contribution in [0.2, 0.25) is 5.02 Å². The first-order valence-corrected chi connectivity index (χ1v) is 8.46. The van der Waals surface area contributed by atoms with Crippen LogP contribution in [0.5, 0.6) is 0 Å². The highest BCUT2D eigenvalue weighted by molar-refractivity contribution is 6.36. The summed E-state index contributed by atoms with van der Waals surface area (Å²) in [4.78, 5) is 29.8.